The summed E-state index contributed by atoms with van der Waals surface area (Å²) in [5.74, 6) is 2.47. The number of anilines is 1. The number of rotatable bonds is 10. The van der Waals surface area contributed by atoms with Gasteiger partial charge in [-0.05, 0) is 122 Å². The average Bonchev–Trinajstić information content (AvgIpc) is 3.28. The van der Waals surface area contributed by atoms with Gasteiger partial charge in [-0.3, -0.25) is 4.90 Å². The van der Waals surface area contributed by atoms with E-state index in [0.29, 0.717) is 5.92 Å². The Morgan fingerprint density at radius 2 is 1.52 bits per heavy atom. The molecule has 2 aliphatic rings. The number of hydrogen-bond donors (Lipinski definition) is 0. The molecule has 1 heterocycles. The van der Waals surface area contributed by atoms with Crippen LogP contribution in [-0.2, 0) is 25.9 Å². The largest absolute Gasteiger partial charge is 0.543 e. The van der Waals surface area contributed by atoms with Crippen molar-refractivity contribution in [2.75, 3.05) is 31.6 Å². The Morgan fingerprint density at radius 3 is 2.18 bits per heavy atom. The third-order valence-electron chi connectivity index (χ3n) is 10.5. The lowest BCUT2D eigenvalue weighted by atomic mass is 9.79. The van der Waals surface area contributed by atoms with E-state index in [1.54, 1.807) is 7.11 Å². The fourth-order valence-electron chi connectivity index (χ4n) is 6.67. The summed E-state index contributed by atoms with van der Waals surface area (Å²) in [4.78, 5) is 5.17. The smallest absolute Gasteiger partial charge is 0.250 e. The molecule has 0 spiro atoms. The summed E-state index contributed by atoms with van der Waals surface area (Å²) < 4.78 is 12.4. The summed E-state index contributed by atoms with van der Waals surface area (Å²) in [5.41, 5.74) is 8.47. The minimum Gasteiger partial charge on any atom is -0.543 e. The predicted octanol–water partition coefficient (Wildman–Crippen LogP) is 9.75. The molecule has 0 amide bonds. The van der Waals surface area contributed by atoms with Crippen LogP contribution in [0.4, 0.5) is 5.69 Å². The van der Waals surface area contributed by atoms with Crippen molar-refractivity contribution >= 4 is 14.0 Å². The highest BCUT2D eigenvalue weighted by Crippen LogP contribution is 2.42. The topological polar surface area (TPSA) is 24.9 Å². The molecule has 4 nitrogen and oxygen atoms in total. The second-order valence-corrected chi connectivity index (χ2v) is 19.4. The maximum Gasteiger partial charge on any atom is 0.250 e. The van der Waals surface area contributed by atoms with Crippen molar-refractivity contribution in [3.05, 3.63) is 88.5 Å². The molecular weight excluding hydrogens is 557 g/mol. The first-order chi connectivity index (χ1) is 21.1. The molecule has 1 atom stereocenters. The molecule has 1 fully saturated rings. The van der Waals surface area contributed by atoms with Gasteiger partial charge in [-0.25, -0.2) is 0 Å². The minimum absolute atomic E-state index is 0.193. The van der Waals surface area contributed by atoms with E-state index in [4.69, 9.17) is 9.16 Å². The van der Waals surface area contributed by atoms with Crippen LogP contribution in [0.1, 0.15) is 93.5 Å². The van der Waals surface area contributed by atoms with Gasteiger partial charge in [-0.15, -0.1) is 0 Å². The normalized spacial score (nSPS) is 17.9. The summed E-state index contributed by atoms with van der Waals surface area (Å²) in [6, 6.07) is 23.0. The van der Waals surface area contributed by atoms with Gasteiger partial charge in [0.05, 0.1) is 7.11 Å². The zero-order chi connectivity index (χ0) is 31.3. The van der Waals surface area contributed by atoms with Crippen LogP contribution >= 0.6 is 0 Å². The van der Waals surface area contributed by atoms with Crippen LogP contribution in [0.25, 0.3) is 0 Å². The summed E-state index contributed by atoms with van der Waals surface area (Å²) in [6.07, 6.45) is 8.75. The highest BCUT2D eigenvalue weighted by atomic mass is 28.4. The van der Waals surface area contributed by atoms with Gasteiger partial charge in [0.25, 0.3) is 0 Å². The van der Waals surface area contributed by atoms with Gasteiger partial charge < -0.3 is 14.1 Å². The number of ether oxygens (including phenoxy) is 1. The Morgan fingerprint density at radius 1 is 0.841 bits per heavy atom. The Labute approximate surface area is 268 Å². The van der Waals surface area contributed by atoms with Crippen LogP contribution in [0, 0.1) is 0 Å². The van der Waals surface area contributed by atoms with Gasteiger partial charge in [0, 0.05) is 31.4 Å². The van der Waals surface area contributed by atoms with Crippen LogP contribution in [-0.4, -0.2) is 40.0 Å². The zero-order valence-electron chi connectivity index (χ0n) is 28.5. The summed E-state index contributed by atoms with van der Waals surface area (Å²) in [7, 11) is -0.0817. The third-order valence-corrected chi connectivity index (χ3v) is 14.8. The van der Waals surface area contributed by atoms with Gasteiger partial charge in [-0.2, -0.15) is 0 Å². The molecule has 3 aromatic rings. The van der Waals surface area contributed by atoms with Crippen molar-refractivity contribution in [1.82, 2.24) is 4.90 Å². The van der Waals surface area contributed by atoms with Crippen molar-refractivity contribution in [2.45, 2.75) is 110 Å². The van der Waals surface area contributed by atoms with Crippen LogP contribution in [0.15, 0.2) is 60.7 Å². The molecule has 238 valence electrons. The molecule has 1 aliphatic heterocycles. The third kappa shape index (κ3) is 7.90. The number of hydrogen-bond acceptors (Lipinski definition) is 4. The lowest BCUT2D eigenvalue weighted by molar-refractivity contribution is 0.277. The lowest BCUT2D eigenvalue weighted by Gasteiger charge is -2.37. The average molecular weight is 613 g/mol. The maximum absolute atomic E-state index is 6.66. The lowest BCUT2D eigenvalue weighted by Crippen LogP contribution is -2.43. The van der Waals surface area contributed by atoms with E-state index < -0.39 is 8.32 Å². The first-order valence-corrected chi connectivity index (χ1v) is 20.0. The molecule has 1 unspecified atom stereocenters. The second kappa shape index (κ2) is 14.1. The number of likely N-dealkylation sites (tertiary alicyclic amines) is 1. The highest BCUT2D eigenvalue weighted by molar-refractivity contribution is 6.74. The van der Waals surface area contributed by atoms with Gasteiger partial charge in [0.1, 0.15) is 11.5 Å². The molecule has 3 aromatic carbocycles. The van der Waals surface area contributed by atoms with E-state index in [-0.39, 0.29) is 5.04 Å². The molecule has 0 aromatic heterocycles. The van der Waals surface area contributed by atoms with Crippen LogP contribution in [0.5, 0.6) is 11.5 Å². The molecule has 5 rings (SSSR count). The summed E-state index contributed by atoms with van der Waals surface area (Å²) >= 11 is 0. The van der Waals surface area contributed by atoms with Gasteiger partial charge in [-0.1, -0.05) is 70.0 Å². The predicted molar refractivity (Wildman–Crippen MR) is 189 cm³/mol. The monoisotopic (exact) mass is 612 g/mol. The molecule has 1 aliphatic carbocycles. The van der Waals surface area contributed by atoms with Gasteiger partial charge >= 0.3 is 0 Å². The Kier molecular flexibility index (Phi) is 10.5. The van der Waals surface area contributed by atoms with Crippen molar-refractivity contribution in [1.29, 1.82) is 0 Å². The van der Waals surface area contributed by atoms with Crippen LogP contribution in [0.3, 0.4) is 0 Å². The first-order valence-electron chi connectivity index (χ1n) is 17.1. The molecule has 0 radical (unpaired) electrons. The van der Waals surface area contributed by atoms with Crippen molar-refractivity contribution in [3.63, 3.8) is 0 Å². The number of nitrogens with zero attached hydrogens (tertiary/aromatic N) is 2. The Hall–Kier alpha value is -2.76. The number of methoxy groups -OCH3 is 1. The van der Waals surface area contributed by atoms with E-state index >= 15 is 0 Å². The molecule has 1 saturated heterocycles. The Bertz CT molecular complexity index is 1370. The SMILES string of the molecule is CCN(Cc1ccc(CN2CCCCCC2)cc1)c1cc(OC)ccc1C1CCc2cc(O[Si](C)(C)C(C)(C)C)ccc2C1. The minimum atomic E-state index is -1.86. The molecule has 0 N–H and O–H groups in total. The molecule has 44 heavy (non-hydrogen) atoms. The molecular formula is C39H56N2O2Si. The zero-order valence-corrected chi connectivity index (χ0v) is 29.5. The quantitative estimate of drug-likeness (QED) is 0.213. The standard InChI is InChI=1S/C39H56N2O2Si/c1-8-41(29-31-15-13-30(14-16-31)28-40-23-11-9-10-12-24-40)38-27-35(42-5)21-22-37(38)34-18-17-33-26-36(20-19-32(33)25-34)43-44(6,7)39(2,3)4/h13-16,19-22,26-27,34H,8-12,17-18,23-25,28-29H2,1-7H3. The van der Waals surface area contributed by atoms with E-state index in [0.717, 1.165) is 50.4 Å². The van der Waals surface area contributed by atoms with E-state index in [1.165, 1.54) is 72.3 Å². The second-order valence-electron chi connectivity index (χ2n) is 14.7. The van der Waals surface area contributed by atoms with Gasteiger partial charge in [0.15, 0.2) is 0 Å². The van der Waals surface area contributed by atoms with E-state index in [1.807, 2.05) is 0 Å². The number of fused-ring (bicyclic) bond motifs is 1. The fraction of sp³-hybridized carbons (Fsp3) is 0.538. The molecule has 0 bridgehead atoms. The van der Waals surface area contributed by atoms with Gasteiger partial charge in [0.2, 0.25) is 8.32 Å². The molecule has 5 heteroatoms. The Balaban J connectivity index is 1.31. The highest BCUT2D eigenvalue weighted by Gasteiger charge is 2.39. The number of benzene rings is 3. The maximum atomic E-state index is 6.66. The van der Waals surface area contributed by atoms with Crippen molar-refractivity contribution < 1.29 is 9.16 Å². The summed E-state index contributed by atoms with van der Waals surface area (Å²) in [6.45, 7) is 19.3. The fourth-order valence-corrected chi connectivity index (χ4v) is 7.69. The number of aryl methyl sites for hydroxylation is 1. The van der Waals surface area contributed by atoms with Crippen LogP contribution < -0.4 is 14.1 Å². The summed E-state index contributed by atoms with van der Waals surface area (Å²) in [5, 5.41) is 0.193. The van der Waals surface area contributed by atoms with Crippen molar-refractivity contribution in [3.8, 4) is 11.5 Å². The van der Waals surface area contributed by atoms with E-state index in [9.17, 15) is 0 Å². The van der Waals surface area contributed by atoms with Crippen molar-refractivity contribution in [2.24, 2.45) is 0 Å². The van der Waals surface area contributed by atoms with E-state index in [2.05, 4.69) is 111 Å². The first kappa shape index (κ1) is 32.6. The van der Waals surface area contributed by atoms with Crippen LogP contribution in [0.2, 0.25) is 18.1 Å². The molecule has 0 saturated carbocycles.